The second-order valence-corrected chi connectivity index (χ2v) is 3.67. The van der Waals surface area contributed by atoms with Gasteiger partial charge in [0.1, 0.15) is 0 Å². The summed E-state index contributed by atoms with van der Waals surface area (Å²) in [5.41, 5.74) is 6.80. The molecule has 0 saturated heterocycles. The summed E-state index contributed by atoms with van der Waals surface area (Å²) in [6.07, 6.45) is 2.90. The van der Waals surface area contributed by atoms with Crippen LogP contribution < -0.4 is 10.5 Å². The van der Waals surface area contributed by atoms with Crippen LogP contribution >= 0.6 is 0 Å². The summed E-state index contributed by atoms with van der Waals surface area (Å²) < 4.78 is 5.00. The van der Waals surface area contributed by atoms with E-state index < -0.39 is 6.04 Å². The first-order valence-corrected chi connectivity index (χ1v) is 5.43. The van der Waals surface area contributed by atoms with E-state index in [1.54, 1.807) is 12.1 Å². The molecule has 5 heteroatoms. The Bertz CT molecular complexity index is 543. The summed E-state index contributed by atoms with van der Waals surface area (Å²) in [6.45, 7) is 0. The molecule has 2 N–H and O–H groups in total. The van der Waals surface area contributed by atoms with E-state index in [4.69, 9.17) is 10.5 Å². The minimum absolute atomic E-state index is 0.149. The number of nitrogens with zero attached hydrogens (tertiary/aromatic N) is 2. The summed E-state index contributed by atoms with van der Waals surface area (Å²) in [7, 11) is 1.44. The van der Waals surface area contributed by atoms with Gasteiger partial charge in [-0.3, -0.25) is 4.79 Å². The molecular weight excluding hydrogens is 230 g/mol. The lowest BCUT2D eigenvalue weighted by molar-refractivity contribution is 0.0952. The van der Waals surface area contributed by atoms with Crippen LogP contribution in [0.4, 0.5) is 0 Å². The van der Waals surface area contributed by atoms with Gasteiger partial charge in [-0.2, -0.15) is 0 Å². The van der Waals surface area contributed by atoms with Crippen molar-refractivity contribution in [2.45, 2.75) is 6.04 Å². The average Bonchev–Trinajstić information content (AvgIpc) is 2.46. The Morgan fingerprint density at radius 2 is 1.89 bits per heavy atom. The number of nitrogens with two attached hydrogens (primary N) is 1. The number of hydrogen-bond acceptors (Lipinski definition) is 5. The van der Waals surface area contributed by atoms with Gasteiger partial charge in [0.15, 0.2) is 5.69 Å². The van der Waals surface area contributed by atoms with Gasteiger partial charge >= 0.3 is 0 Å². The van der Waals surface area contributed by atoms with Crippen molar-refractivity contribution in [3.05, 3.63) is 54.0 Å². The zero-order chi connectivity index (χ0) is 13.0. The maximum Gasteiger partial charge on any atom is 0.243 e. The fraction of sp³-hybridized carbons (Fsp3) is 0.154. The second-order valence-electron chi connectivity index (χ2n) is 3.67. The molecule has 5 nitrogen and oxygen atoms in total. The summed E-state index contributed by atoms with van der Waals surface area (Å²) in [5, 5.41) is 0. The van der Waals surface area contributed by atoms with Crippen LogP contribution in [0.2, 0.25) is 0 Å². The van der Waals surface area contributed by atoms with E-state index in [0.29, 0.717) is 0 Å². The second kappa shape index (κ2) is 5.37. The third-order valence-electron chi connectivity index (χ3n) is 2.53. The number of Topliss-reactive ketones (excluding diaryl/α,β-unsaturated/α-hetero) is 1. The van der Waals surface area contributed by atoms with Crippen LogP contribution in [-0.2, 0) is 0 Å². The molecule has 0 fully saturated rings. The van der Waals surface area contributed by atoms with Gasteiger partial charge in [-0.15, -0.1) is 0 Å². The zero-order valence-electron chi connectivity index (χ0n) is 9.91. The standard InChI is InChI=1S/C13H13N3O2/c1-18-13-11(15-7-8-16-13)12(17)10(14)9-5-3-2-4-6-9/h2-8,10H,14H2,1H3/t10-/m1/s1. The molecule has 0 aliphatic heterocycles. The molecule has 92 valence electrons. The zero-order valence-corrected chi connectivity index (χ0v) is 9.91. The summed E-state index contributed by atoms with van der Waals surface area (Å²) in [5.74, 6) is -0.125. The van der Waals surface area contributed by atoms with E-state index in [0.717, 1.165) is 5.56 Å². The molecule has 18 heavy (non-hydrogen) atoms. The molecule has 0 saturated carbocycles. The number of ketones is 1. The molecule has 0 unspecified atom stereocenters. The summed E-state index contributed by atoms with van der Waals surface area (Å²) in [6, 6.07) is 8.35. The molecule has 0 aliphatic carbocycles. The maximum atomic E-state index is 12.2. The van der Waals surface area contributed by atoms with Crippen LogP contribution in [0.3, 0.4) is 0 Å². The molecule has 0 aliphatic rings. The Balaban J connectivity index is 2.32. The smallest absolute Gasteiger partial charge is 0.243 e. The van der Waals surface area contributed by atoms with Gasteiger partial charge < -0.3 is 10.5 Å². The Morgan fingerprint density at radius 3 is 2.56 bits per heavy atom. The minimum Gasteiger partial charge on any atom is -0.479 e. The van der Waals surface area contributed by atoms with Gasteiger partial charge in [-0.05, 0) is 5.56 Å². The Morgan fingerprint density at radius 1 is 1.22 bits per heavy atom. The van der Waals surface area contributed by atoms with Crippen LogP contribution in [0.15, 0.2) is 42.7 Å². The van der Waals surface area contributed by atoms with E-state index in [9.17, 15) is 4.79 Å². The lowest BCUT2D eigenvalue weighted by atomic mass is 10.0. The highest BCUT2D eigenvalue weighted by Crippen LogP contribution is 2.19. The highest BCUT2D eigenvalue weighted by atomic mass is 16.5. The topological polar surface area (TPSA) is 78.1 Å². The van der Waals surface area contributed by atoms with Crippen molar-refractivity contribution in [1.29, 1.82) is 0 Å². The fourth-order valence-electron chi connectivity index (χ4n) is 1.60. The van der Waals surface area contributed by atoms with Gasteiger partial charge in [0.05, 0.1) is 13.2 Å². The van der Waals surface area contributed by atoms with E-state index >= 15 is 0 Å². The molecular formula is C13H13N3O2. The number of hydrogen-bond donors (Lipinski definition) is 1. The Hall–Kier alpha value is -2.27. The first kappa shape index (κ1) is 12.2. The lowest BCUT2D eigenvalue weighted by Crippen LogP contribution is -2.23. The predicted octanol–water partition coefficient (Wildman–Crippen LogP) is 1.37. The molecule has 1 aromatic heterocycles. The van der Waals surface area contributed by atoms with Gasteiger partial charge in [0.2, 0.25) is 11.7 Å². The Labute approximate surface area is 105 Å². The number of carbonyl (C=O) groups is 1. The highest BCUT2D eigenvalue weighted by Gasteiger charge is 2.22. The first-order chi connectivity index (χ1) is 8.74. The molecule has 1 atom stereocenters. The van der Waals surface area contributed by atoms with E-state index in [1.165, 1.54) is 19.5 Å². The first-order valence-electron chi connectivity index (χ1n) is 5.43. The van der Waals surface area contributed by atoms with Gasteiger partial charge in [0.25, 0.3) is 0 Å². The average molecular weight is 243 g/mol. The normalized spacial score (nSPS) is 11.9. The Kier molecular flexibility index (Phi) is 3.64. The van der Waals surface area contributed by atoms with Crippen LogP contribution in [-0.4, -0.2) is 22.9 Å². The monoisotopic (exact) mass is 243 g/mol. The van der Waals surface area contributed by atoms with Crippen molar-refractivity contribution in [2.75, 3.05) is 7.11 Å². The predicted molar refractivity (Wildman–Crippen MR) is 66.3 cm³/mol. The maximum absolute atomic E-state index is 12.2. The van der Waals surface area contributed by atoms with Crippen molar-refractivity contribution in [1.82, 2.24) is 9.97 Å². The third kappa shape index (κ3) is 2.36. The van der Waals surface area contributed by atoms with E-state index in [-0.39, 0.29) is 17.4 Å². The van der Waals surface area contributed by atoms with Crippen molar-refractivity contribution in [3.63, 3.8) is 0 Å². The highest BCUT2D eigenvalue weighted by molar-refractivity contribution is 6.00. The molecule has 0 amide bonds. The van der Waals surface area contributed by atoms with Crippen molar-refractivity contribution < 1.29 is 9.53 Å². The number of aromatic nitrogens is 2. The third-order valence-corrected chi connectivity index (χ3v) is 2.53. The van der Waals surface area contributed by atoms with Crippen molar-refractivity contribution in [3.8, 4) is 5.88 Å². The lowest BCUT2D eigenvalue weighted by Gasteiger charge is -2.11. The number of carbonyl (C=O) groups excluding carboxylic acids is 1. The van der Waals surface area contributed by atoms with Crippen LogP contribution in [0.5, 0.6) is 5.88 Å². The van der Waals surface area contributed by atoms with Crippen molar-refractivity contribution in [2.24, 2.45) is 5.73 Å². The molecule has 0 radical (unpaired) electrons. The van der Waals surface area contributed by atoms with Crippen LogP contribution in [0, 0.1) is 0 Å². The van der Waals surface area contributed by atoms with Crippen molar-refractivity contribution >= 4 is 5.78 Å². The molecule has 2 rings (SSSR count). The van der Waals surface area contributed by atoms with Gasteiger partial charge in [-0.1, -0.05) is 30.3 Å². The number of methoxy groups -OCH3 is 1. The largest absolute Gasteiger partial charge is 0.479 e. The summed E-state index contributed by atoms with van der Waals surface area (Å²) in [4.78, 5) is 20.1. The molecule has 0 spiro atoms. The van der Waals surface area contributed by atoms with Gasteiger partial charge in [0, 0.05) is 12.4 Å². The van der Waals surface area contributed by atoms with Crippen LogP contribution in [0.1, 0.15) is 22.1 Å². The number of benzene rings is 1. The molecule has 1 aromatic carbocycles. The number of rotatable bonds is 4. The van der Waals surface area contributed by atoms with Gasteiger partial charge in [-0.25, -0.2) is 9.97 Å². The molecule has 1 heterocycles. The quantitative estimate of drug-likeness (QED) is 0.820. The van der Waals surface area contributed by atoms with Crippen LogP contribution in [0.25, 0.3) is 0 Å². The van der Waals surface area contributed by atoms with E-state index in [1.807, 2.05) is 18.2 Å². The SMILES string of the molecule is COc1nccnc1C(=O)[C@H](N)c1ccccc1. The summed E-state index contributed by atoms with van der Waals surface area (Å²) >= 11 is 0. The van der Waals surface area contributed by atoms with E-state index in [2.05, 4.69) is 9.97 Å². The fourth-order valence-corrected chi connectivity index (χ4v) is 1.60. The number of ether oxygens (including phenoxy) is 1. The molecule has 0 bridgehead atoms. The molecule has 2 aromatic rings. The minimum atomic E-state index is -0.767.